The van der Waals surface area contributed by atoms with Gasteiger partial charge in [0, 0.05) is 25.2 Å². The maximum absolute atomic E-state index is 3.76. The second-order valence-corrected chi connectivity index (χ2v) is 7.52. The fraction of sp³-hybridized carbons (Fsp3) is 1.00. The molecular formula is C17H37N3. The van der Waals surface area contributed by atoms with Crippen molar-refractivity contribution < 1.29 is 0 Å². The number of nitrogens with zero attached hydrogens (tertiary/aromatic N) is 2. The van der Waals surface area contributed by atoms with Crippen LogP contribution in [0.4, 0.5) is 0 Å². The van der Waals surface area contributed by atoms with Gasteiger partial charge in [-0.1, -0.05) is 27.7 Å². The molecule has 0 aromatic heterocycles. The highest BCUT2D eigenvalue weighted by Crippen LogP contribution is 2.41. The Balaban J connectivity index is 2.64. The van der Waals surface area contributed by atoms with Gasteiger partial charge in [-0.05, 0) is 58.3 Å². The van der Waals surface area contributed by atoms with Crippen molar-refractivity contribution in [3.63, 3.8) is 0 Å². The van der Waals surface area contributed by atoms with Crippen LogP contribution in [0.15, 0.2) is 0 Å². The minimum Gasteiger partial charge on any atom is -0.313 e. The molecule has 0 heterocycles. The van der Waals surface area contributed by atoms with Crippen LogP contribution in [-0.4, -0.2) is 62.2 Å². The van der Waals surface area contributed by atoms with Crippen LogP contribution in [0.5, 0.6) is 0 Å². The smallest absolute Gasteiger partial charge is 0.0194 e. The molecule has 1 aliphatic carbocycles. The lowest BCUT2D eigenvalue weighted by molar-refractivity contribution is 0.137. The first-order valence-corrected chi connectivity index (χ1v) is 8.44. The first-order chi connectivity index (χ1) is 9.31. The van der Waals surface area contributed by atoms with E-state index in [9.17, 15) is 0 Å². The van der Waals surface area contributed by atoms with Crippen LogP contribution in [-0.2, 0) is 0 Å². The molecule has 1 aliphatic rings. The molecule has 1 N–H and O–H groups in total. The van der Waals surface area contributed by atoms with Crippen molar-refractivity contribution in [2.45, 2.75) is 59.5 Å². The van der Waals surface area contributed by atoms with Crippen molar-refractivity contribution in [1.29, 1.82) is 0 Å². The van der Waals surface area contributed by atoms with Crippen molar-refractivity contribution in [2.24, 2.45) is 11.3 Å². The molecule has 0 spiro atoms. The molecule has 0 aliphatic heterocycles. The molecule has 3 unspecified atom stereocenters. The fourth-order valence-electron chi connectivity index (χ4n) is 3.94. The van der Waals surface area contributed by atoms with Gasteiger partial charge in [0.15, 0.2) is 0 Å². The van der Waals surface area contributed by atoms with Crippen molar-refractivity contribution >= 4 is 0 Å². The second-order valence-electron chi connectivity index (χ2n) is 7.52. The number of hydrogen-bond donors (Lipinski definition) is 1. The monoisotopic (exact) mass is 283 g/mol. The van der Waals surface area contributed by atoms with Gasteiger partial charge in [-0.15, -0.1) is 0 Å². The normalized spacial score (nSPS) is 27.4. The number of hydrogen-bond acceptors (Lipinski definition) is 3. The van der Waals surface area contributed by atoms with Gasteiger partial charge in [0.05, 0.1) is 0 Å². The lowest BCUT2D eigenvalue weighted by Crippen LogP contribution is -2.48. The Hall–Kier alpha value is -0.120. The highest BCUT2D eigenvalue weighted by Gasteiger charge is 2.41. The van der Waals surface area contributed by atoms with Gasteiger partial charge < -0.3 is 10.2 Å². The lowest BCUT2D eigenvalue weighted by atomic mass is 9.84. The summed E-state index contributed by atoms with van der Waals surface area (Å²) < 4.78 is 0. The van der Waals surface area contributed by atoms with Gasteiger partial charge in [0.25, 0.3) is 0 Å². The molecule has 20 heavy (non-hydrogen) atoms. The average molecular weight is 284 g/mol. The van der Waals surface area contributed by atoms with Crippen LogP contribution in [0.1, 0.15) is 47.5 Å². The van der Waals surface area contributed by atoms with Crippen LogP contribution < -0.4 is 5.32 Å². The van der Waals surface area contributed by atoms with Gasteiger partial charge in [-0.2, -0.15) is 0 Å². The minimum atomic E-state index is 0.449. The van der Waals surface area contributed by atoms with Crippen molar-refractivity contribution in [3.8, 4) is 0 Å². The van der Waals surface area contributed by atoms with Crippen molar-refractivity contribution in [1.82, 2.24) is 15.1 Å². The summed E-state index contributed by atoms with van der Waals surface area (Å²) in [6.45, 7) is 16.4. The van der Waals surface area contributed by atoms with E-state index in [2.05, 4.69) is 63.8 Å². The highest BCUT2D eigenvalue weighted by molar-refractivity contribution is 4.97. The Labute approximate surface area is 127 Å². The Morgan fingerprint density at radius 3 is 2.40 bits per heavy atom. The molecular weight excluding hydrogens is 246 g/mol. The molecule has 3 nitrogen and oxygen atoms in total. The van der Waals surface area contributed by atoms with Crippen LogP contribution >= 0.6 is 0 Å². The molecule has 1 rings (SSSR count). The van der Waals surface area contributed by atoms with Crippen LogP contribution in [0.25, 0.3) is 0 Å². The summed E-state index contributed by atoms with van der Waals surface area (Å²) in [7, 11) is 4.34. The van der Waals surface area contributed by atoms with E-state index in [1.165, 1.54) is 19.4 Å². The molecule has 1 saturated carbocycles. The molecule has 0 radical (unpaired) electrons. The zero-order chi connectivity index (χ0) is 15.3. The third-order valence-electron chi connectivity index (χ3n) is 5.02. The number of likely N-dealkylation sites (N-methyl/N-ethyl adjacent to an activating group) is 2. The largest absolute Gasteiger partial charge is 0.313 e. The fourth-order valence-corrected chi connectivity index (χ4v) is 3.94. The van der Waals surface area contributed by atoms with Crippen LogP contribution in [0.3, 0.4) is 0 Å². The molecule has 0 bridgehead atoms. The highest BCUT2D eigenvalue weighted by atomic mass is 15.2. The summed E-state index contributed by atoms with van der Waals surface area (Å²) in [5, 5.41) is 3.76. The van der Waals surface area contributed by atoms with E-state index in [0.29, 0.717) is 17.5 Å². The maximum Gasteiger partial charge on any atom is 0.0194 e. The summed E-state index contributed by atoms with van der Waals surface area (Å²) in [6, 6.07) is 1.31. The second kappa shape index (κ2) is 7.77. The third kappa shape index (κ3) is 4.71. The molecule has 0 aromatic carbocycles. The third-order valence-corrected chi connectivity index (χ3v) is 5.02. The Kier molecular flexibility index (Phi) is 6.96. The van der Waals surface area contributed by atoms with Gasteiger partial charge in [-0.25, -0.2) is 0 Å². The Morgan fingerprint density at radius 1 is 1.25 bits per heavy atom. The number of rotatable bonds is 8. The summed E-state index contributed by atoms with van der Waals surface area (Å²) in [4.78, 5) is 4.96. The summed E-state index contributed by atoms with van der Waals surface area (Å²) >= 11 is 0. The average Bonchev–Trinajstić information content (AvgIpc) is 2.62. The molecule has 120 valence electrons. The van der Waals surface area contributed by atoms with E-state index in [1.54, 1.807) is 0 Å². The Morgan fingerprint density at radius 2 is 1.90 bits per heavy atom. The van der Waals surface area contributed by atoms with Crippen LogP contribution in [0, 0.1) is 11.3 Å². The first-order valence-electron chi connectivity index (χ1n) is 8.44. The maximum atomic E-state index is 3.76. The zero-order valence-electron chi connectivity index (χ0n) is 14.9. The standard InChI is InChI=1S/C17H37N3/c1-8-18-16-15(10-11-17(16,4)5)13-20(9-2)14(3)12-19(6)7/h14-16,18H,8-13H2,1-7H3. The van der Waals surface area contributed by atoms with Crippen molar-refractivity contribution in [3.05, 3.63) is 0 Å². The minimum absolute atomic E-state index is 0.449. The van der Waals surface area contributed by atoms with E-state index in [1.807, 2.05) is 0 Å². The molecule has 3 atom stereocenters. The first kappa shape index (κ1) is 17.9. The van der Waals surface area contributed by atoms with E-state index < -0.39 is 0 Å². The van der Waals surface area contributed by atoms with E-state index in [0.717, 1.165) is 25.6 Å². The van der Waals surface area contributed by atoms with E-state index in [4.69, 9.17) is 0 Å². The molecule has 0 saturated heterocycles. The predicted octanol–water partition coefficient (Wildman–Crippen LogP) is 2.67. The summed E-state index contributed by atoms with van der Waals surface area (Å²) in [5.41, 5.74) is 0.449. The SMILES string of the molecule is CCNC1C(CN(CC)C(C)CN(C)C)CCC1(C)C. The Bertz CT molecular complexity index is 275. The lowest BCUT2D eigenvalue weighted by Gasteiger charge is -2.36. The van der Waals surface area contributed by atoms with Crippen molar-refractivity contribution in [2.75, 3.05) is 40.3 Å². The van der Waals surface area contributed by atoms with E-state index >= 15 is 0 Å². The van der Waals surface area contributed by atoms with Gasteiger partial charge in [-0.3, -0.25) is 4.90 Å². The zero-order valence-corrected chi connectivity index (χ0v) is 14.9. The van der Waals surface area contributed by atoms with Gasteiger partial charge >= 0.3 is 0 Å². The number of nitrogens with one attached hydrogen (secondary N) is 1. The topological polar surface area (TPSA) is 18.5 Å². The molecule has 3 heteroatoms. The molecule has 0 amide bonds. The predicted molar refractivity (Wildman–Crippen MR) is 89.2 cm³/mol. The molecule has 1 fully saturated rings. The quantitative estimate of drug-likeness (QED) is 0.739. The van der Waals surface area contributed by atoms with E-state index in [-0.39, 0.29) is 0 Å². The van der Waals surface area contributed by atoms with Gasteiger partial charge in [0.1, 0.15) is 0 Å². The summed E-state index contributed by atoms with van der Waals surface area (Å²) in [5.74, 6) is 0.800. The van der Waals surface area contributed by atoms with Crippen LogP contribution in [0.2, 0.25) is 0 Å². The van der Waals surface area contributed by atoms with Gasteiger partial charge in [0.2, 0.25) is 0 Å². The summed E-state index contributed by atoms with van der Waals surface area (Å²) in [6.07, 6.45) is 2.73. The molecule has 0 aromatic rings.